The van der Waals surface area contributed by atoms with Gasteiger partial charge in [-0.25, -0.2) is 4.39 Å². The Bertz CT molecular complexity index is 813. The van der Waals surface area contributed by atoms with Gasteiger partial charge in [0.15, 0.2) is 0 Å². The minimum atomic E-state index is -0.747. The van der Waals surface area contributed by atoms with Gasteiger partial charge in [-0.15, -0.1) is 11.3 Å². The van der Waals surface area contributed by atoms with E-state index in [-0.39, 0.29) is 24.7 Å². The molecule has 1 unspecified atom stereocenters. The number of halogens is 1. The number of aliphatic hydroxyl groups excluding tert-OH is 1. The molecule has 0 fully saturated rings. The van der Waals surface area contributed by atoms with Crippen molar-refractivity contribution in [2.45, 2.75) is 12.5 Å². The normalized spacial score (nSPS) is 12.3. The van der Waals surface area contributed by atoms with Crippen molar-refractivity contribution in [3.05, 3.63) is 70.9 Å². The summed E-state index contributed by atoms with van der Waals surface area (Å²) in [5.41, 5.74) is 1.56. The number of nitrogens with one attached hydrogen (secondary N) is 1. The maximum Gasteiger partial charge on any atom is 0.224 e. The van der Waals surface area contributed by atoms with Crippen molar-refractivity contribution < 1.29 is 14.3 Å². The third-order valence-electron chi connectivity index (χ3n) is 3.64. The number of thiophene rings is 1. The van der Waals surface area contributed by atoms with Crippen LogP contribution in [0.15, 0.2) is 53.9 Å². The molecule has 3 rings (SSSR count). The standard InChI is InChI=1S/C18H16FNO2S/c19-13-7-5-12(6-8-13)9-18(22)20-10-16(21)15-11-23-17-4-2-1-3-14(15)17/h1-8,11,16,21H,9-10H2,(H,20,22). The number of fused-ring (bicyclic) bond motifs is 1. The van der Waals surface area contributed by atoms with Gasteiger partial charge in [-0.2, -0.15) is 0 Å². The first-order valence-corrected chi connectivity index (χ1v) is 8.17. The smallest absolute Gasteiger partial charge is 0.224 e. The fourth-order valence-corrected chi connectivity index (χ4v) is 3.43. The number of hydrogen-bond donors (Lipinski definition) is 2. The van der Waals surface area contributed by atoms with Gasteiger partial charge in [0.05, 0.1) is 12.5 Å². The summed E-state index contributed by atoms with van der Waals surface area (Å²) in [5.74, 6) is -0.524. The number of amides is 1. The molecule has 0 aliphatic heterocycles. The van der Waals surface area contributed by atoms with Crippen LogP contribution in [0.4, 0.5) is 4.39 Å². The Morgan fingerprint density at radius 1 is 1.17 bits per heavy atom. The van der Waals surface area contributed by atoms with Crippen LogP contribution in [0.5, 0.6) is 0 Å². The van der Waals surface area contributed by atoms with Crippen molar-refractivity contribution in [3.8, 4) is 0 Å². The van der Waals surface area contributed by atoms with Gasteiger partial charge >= 0.3 is 0 Å². The molecule has 3 nitrogen and oxygen atoms in total. The van der Waals surface area contributed by atoms with Crippen molar-refractivity contribution in [2.24, 2.45) is 0 Å². The highest BCUT2D eigenvalue weighted by molar-refractivity contribution is 7.17. The van der Waals surface area contributed by atoms with Gasteiger partial charge in [-0.05, 0) is 34.5 Å². The second-order valence-corrected chi connectivity index (χ2v) is 6.22. The first-order chi connectivity index (χ1) is 11.1. The number of carbonyl (C=O) groups excluding carboxylic acids is 1. The lowest BCUT2D eigenvalue weighted by Crippen LogP contribution is -2.29. The summed E-state index contributed by atoms with van der Waals surface area (Å²) < 4.78 is 13.9. The largest absolute Gasteiger partial charge is 0.387 e. The van der Waals surface area contributed by atoms with Gasteiger partial charge in [0.1, 0.15) is 5.82 Å². The SMILES string of the molecule is O=C(Cc1ccc(F)cc1)NCC(O)c1csc2ccccc12. The minimum Gasteiger partial charge on any atom is -0.387 e. The molecule has 5 heteroatoms. The zero-order valence-corrected chi connectivity index (χ0v) is 13.1. The lowest BCUT2D eigenvalue weighted by atomic mass is 10.1. The van der Waals surface area contributed by atoms with Gasteiger partial charge in [0.25, 0.3) is 0 Å². The number of hydrogen-bond acceptors (Lipinski definition) is 3. The van der Waals surface area contributed by atoms with Gasteiger partial charge in [0, 0.05) is 16.8 Å². The highest BCUT2D eigenvalue weighted by Crippen LogP contribution is 2.29. The molecule has 0 bridgehead atoms. The molecule has 118 valence electrons. The molecular formula is C18H16FNO2S. The zero-order valence-electron chi connectivity index (χ0n) is 12.3. The number of rotatable bonds is 5. The van der Waals surface area contributed by atoms with Crippen LogP contribution >= 0.6 is 11.3 Å². The molecule has 1 heterocycles. The quantitative estimate of drug-likeness (QED) is 0.753. The molecule has 1 aromatic heterocycles. The van der Waals surface area contributed by atoms with Crippen LogP contribution < -0.4 is 5.32 Å². The number of carbonyl (C=O) groups is 1. The first-order valence-electron chi connectivity index (χ1n) is 7.29. The summed E-state index contributed by atoms with van der Waals surface area (Å²) in [6.07, 6.45) is -0.583. The van der Waals surface area contributed by atoms with Crippen LogP contribution in [0, 0.1) is 5.82 Å². The topological polar surface area (TPSA) is 49.3 Å². The lowest BCUT2D eigenvalue weighted by molar-refractivity contribution is -0.120. The molecule has 2 aromatic carbocycles. The van der Waals surface area contributed by atoms with E-state index in [0.717, 1.165) is 21.2 Å². The van der Waals surface area contributed by atoms with E-state index in [4.69, 9.17) is 0 Å². The van der Waals surface area contributed by atoms with Gasteiger partial charge in [0.2, 0.25) is 5.91 Å². The maximum absolute atomic E-state index is 12.8. The summed E-state index contributed by atoms with van der Waals surface area (Å²) in [4.78, 5) is 11.9. The molecule has 0 aliphatic rings. The molecular weight excluding hydrogens is 313 g/mol. The first kappa shape index (κ1) is 15.6. The lowest BCUT2D eigenvalue weighted by Gasteiger charge is -2.11. The van der Waals surface area contributed by atoms with E-state index in [2.05, 4.69) is 5.32 Å². The van der Waals surface area contributed by atoms with Crippen LogP contribution in [0.1, 0.15) is 17.2 Å². The third-order valence-corrected chi connectivity index (χ3v) is 4.62. The van der Waals surface area contributed by atoms with Crippen LogP contribution in [0.25, 0.3) is 10.1 Å². The van der Waals surface area contributed by atoms with Crippen molar-refractivity contribution in [2.75, 3.05) is 6.54 Å². The Kier molecular flexibility index (Phi) is 4.69. The van der Waals surface area contributed by atoms with Crippen LogP contribution in [-0.2, 0) is 11.2 Å². The van der Waals surface area contributed by atoms with Gasteiger partial charge in [-0.1, -0.05) is 30.3 Å². The number of benzene rings is 2. The maximum atomic E-state index is 12.8. The van der Waals surface area contributed by atoms with Crippen molar-refractivity contribution >= 4 is 27.3 Å². The summed E-state index contributed by atoms with van der Waals surface area (Å²) in [6.45, 7) is 0.154. The summed E-state index contributed by atoms with van der Waals surface area (Å²) >= 11 is 1.57. The minimum absolute atomic E-state index is 0.154. The highest BCUT2D eigenvalue weighted by atomic mass is 32.1. The van der Waals surface area contributed by atoms with Crippen LogP contribution in [-0.4, -0.2) is 17.6 Å². The molecule has 0 saturated heterocycles. The molecule has 2 N–H and O–H groups in total. The van der Waals surface area contributed by atoms with Crippen molar-refractivity contribution in [1.82, 2.24) is 5.32 Å². The van der Waals surface area contributed by atoms with Gasteiger partial charge in [-0.3, -0.25) is 4.79 Å². The second-order valence-electron chi connectivity index (χ2n) is 5.31. The Labute approximate surface area is 137 Å². The Morgan fingerprint density at radius 3 is 2.70 bits per heavy atom. The average molecular weight is 329 g/mol. The predicted octanol–water partition coefficient (Wildman–Crippen LogP) is 3.43. The Morgan fingerprint density at radius 2 is 1.91 bits per heavy atom. The molecule has 0 aliphatic carbocycles. The Balaban J connectivity index is 1.59. The third kappa shape index (κ3) is 3.75. The number of aliphatic hydroxyl groups is 1. The molecule has 0 radical (unpaired) electrons. The average Bonchev–Trinajstić information content (AvgIpc) is 2.99. The van der Waals surface area contributed by atoms with E-state index in [1.807, 2.05) is 29.6 Å². The van der Waals surface area contributed by atoms with Crippen LogP contribution in [0.3, 0.4) is 0 Å². The summed E-state index contributed by atoms with van der Waals surface area (Å²) in [5, 5.41) is 16.0. The van der Waals surface area contributed by atoms with E-state index in [1.54, 1.807) is 23.5 Å². The van der Waals surface area contributed by atoms with E-state index in [9.17, 15) is 14.3 Å². The van der Waals surface area contributed by atoms with Crippen LogP contribution in [0.2, 0.25) is 0 Å². The molecule has 1 atom stereocenters. The fraction of sp³-hybridized carbons (Fsp3) is 0.167. The summed E-state index contributed by atoms with van der Waals surface area (Å²) in [7, 11) is 0. The zero-order chi connectivity index (χ0) is 16.2. The van der Waals surface area contributed by atoms with E-state index in [0.29, 0.717) is 0 Å². The van der Waals surface area contributed by atoms with E-state index < -0.39 is 6.10 Å². The molecule has 0 saturated carbocycles. The van der Waals surface area contributed by atoms with Crippen molar-refractivity contribution in [3.63, 3.8) is 0 Å². The van der Waals surface area contributed by atoms with E-state index >= 15 is 0 Å². The second kappa shape index (κ2) is 6.89. The summed E-state index contributed by atoms with van der Waals surface area (Å²) in [6, 6.07) is 13.7. The molecule has 3 aromatic rings. The van der Waals surface area contributed by atoms with Crippen molar-refractivity contribution in [1.29, 1.82) is 0 Å². The monoisotopic (exact) mass is 329 g/mol. The molecule has 23 heavy (non-hydrogen) atoms. The van der Waals surface area contributed by atoms with Gasteiger partial charge < -0.3 is 10.4 Å². The Hall–Kier alpha value is -2.24. The highest BCUT2D eigenvalue weighted by Gasteiger charge is 2.14. The predicted molar refractivity (Wildman–Crippen MR) is 89.9 cm³/mol. The molecule has 0 spiro atoms. The fourth-order valence-electron chi connectivity index (χ4n) is 2.43. The van der Waals surface area contributed by atoms with E-state index in [1.165, 1.54) is 12.1 Å². The molecule has 1 amide bonds.